The highest BCUT2D eigenvalue weighted by Crippen LogP contribution is 2.39. The Morgan fingerprint density at radius 2 is 1.74 bits per heavy atom. The maximum Gasteiger partial charge on any atom is 0.318 e. The third-order valence-electron chi connectivity index (χ3n) is 6.65. The van der Waals surface area contributed by atoms with Crippen molar-refractivity contribution in [2.24, 2.45) is 4.99 Å². The number of hydrogen-bond acceptors (Lipinski definition) is 4. The average molecular weight is 469 g/mol. The van der Waals surface area contributed by atoms with Crippen molar-refractivity contribution in [2.75, 3.05) is 19.6 Å². The number of carbonyl (C=O) groups is 1. The second kappa shape index (κ2) is 9.45. The van der Waals surface area contributed by atoms with Crippen LogP contribution in [-0.4, -0.2) is 47.3 Å². The number of nitrogens with zero attached hydrogens (tertiary/aromatic N) is 3. The van der Waals surface area contributed by atoms with E-state index in [1.807, 2.05) is 35.2 Å². The third-order valence-corrected chi connectivity index (χ3v) is 6.65. The van der Waals surface area contributed by atoms with E-state index in [0.29, 0.717) is 26.2 Å². The predicted octanol–water partition coefficient (Wildman–Crippen LogP) is 5.71. The number of piperazine rings is 1. The Morgan fingerprint density at radius 3 is 2.54 bits per heavy atom. The summed E-state index contributed by atoms with van der Waals surface area (Å²) in [5.74, 6) is 2.48. The van der Waals surface area contributed by atoms with Crippen LogP contribution >= 0.6 is 0 Å². The van der Waals surface area contributed by atoms with E-state index in [4.69, 9.17) is 9.73 Å². The van der Waals surface area contributed by atoms with Crippen LogP contribution in [0.1, 0.15) is 34.7 Å². The van der Waals surface area contributed by atoms with Crippen LogP contribution in [0.5, 0.6) is 11.5 Å². The summed E-state index contributed by atoms with van der Waals surface area (Å²) < 4.78 is 6.31. The van der Waals surface area contributed by atoms with E-state index in [9.17, 15) is 4.79 Å². The molecule has 2 aliphatic rings. The lowest BCUT2D eigenvalue weighted by molar-refractivity contribution is 0.134. The number of nitrogens with one attached hydrogen (secondary N) is 1. The number of ether oxygens (including phenoxy) is 1. The van der Waals surface area contributed by atoms with Gasteiger partial charge in [0.1, 0.15) is 17.3 Å². The number of rotatable bonds is 2. The molecule has 0 spiro atoms. The fourth-order valence-corrected chi connectivity index (χ4v) is 4.79. The van der Waals surface area contributed by atoms with E-state index in [1.54, 1.807) is 0 Å². The van der Waals surface area contributed by atoms with Crippen LogP contribution in [0.3, 0.4) is 0 Å². The number of urea groups is 1. The number of hydrogen-bond donors (Lipinski definition) is 1. The van der Waals surface area contributed by atoms with E-state index in [0.717, 1.165) is 45.3 Å². The summed E-state index contributed by atoms with van der Waals surface area (Å²) in [6.07, 6.45) is 0. The fraction of sp³-hybridized carbons (Fsp3) is 0.310. The smallest absolute Gasteiger partial charge is 0.318 e. The first-order chi connectivity index (χ1) is 16.9. The Kier molecular flexibility index (Phi) is 6.20. The normalized spacial score (nSPS) is 17.0. The summed E-state index contributed by atoms with van der Waals surface area (Å²) in [6, 6.07) is 20.6. The SMILES string of the molecule is Cc1cccc(CNC(=O)N2CCN(C3=Nc4ccc(C)cc4Oc4ccc(C)cc43)CC2C)c1. The second-order valence-electron chi connectivity index (χ2n) is 9.64. The van der Waals surface area contributed by atoms with E-state index >= 15 is 0 Å². The zero-order valence-electron chi connectivity index (χ0n) is 20.8. The van der Waals surface area contributed by atoms with Gasteiger partial charge in [-0.2, -0.15) is 0 Å². The minimum Gasteiger partial charge on any atom is -0.454 e. The number of amides is 2. The van der Waals surface area contributed by atoms with Gasteiger partial charge in [0.15, 0.2) is 5.75 Å². The first-order valence-corrected chi connectivity index (χ1v) is 12.2. The van der Waals surface area contributed by atoms with Gasteiger partial charge in [-0.25, -0.2) is 9.79 Å². The lowest BCUT2D eigenvalue weighted by Gasteiger charge is -2.41. The molecule has 5 rings (SSSR count). The van der Waals surface area contributed by atoms with E-state index in [-0.39, 0.29) is 12.1 Å². The number of fused-ring (bicyclic) bond motifs is 2. The highest BCUT2D eigenvalue weighted by atomic mass is 16.5. The standard InChI is InChI=1S/C29H32N4O2/c1-19-6-5-7-23(14-19)17-30-29(34)33-13-12-32(18-22(33)4)28-24-15-20(2)9-11-26(24)35-27-16-21(3)8-10-25(27)31-28/h5-11,14-16,22H,12-13,17-18H2,1-4H3,(H,30,34). The van der Waals surface area contributed by atoms with Crippen LogP contribution in [0.2, 0.25) is 0 Å². The van der Waals surface area contributed by atoms with Crippen LogP contribution in [-0.2, 0) is 6.54 Å². The monoisotopic (exact) mass is 468 g/mol. The maximum absolute atomic E-state index is 13.0. The van der Waals surface area contributed by atoms with Gasteiger partial charge in [0.25, 0.3) is 0 Å². The Bertz CT molecular complexity index is 1300. The molecule has 6 heteroatoms. The van der Waals surface area contributed by atoms with Gasteiger partial charge in [0, 0.05) is 32.2 Å². The summed E-state index contributed by atoms with van der Waals surface area (Å²) in [4.78, 5) is 22.3. The van der Waals surface area contributed by atoms with Crippen molar-refractivity contribution in [3.05, 3.63) is 88.5 Å². The third kappa shape index (κ3) is 4.87. The molecule has 35 heavy (non-hydrogen) atoms. The van der Waals surface area contributed by atoms with Crippen molar-refractivity contribution in [1.29, 1.82) is 0 Å². The van der Waals surface area contributed by atoms with Crippen molar-refractivity contribution < 1.29 is 9.53 Å². The van der Waals surface area contributed by atoms with Gasteiger partial charge >= 0.3 is 6.03 Å². The van der Waals surface area contributed by atoms with Gasteiger partial charge in [-0.3, -0.25) is 0 Å². The minimum absolute atomic E-state index is 0.0261. The van der Waals surface area contributed by atoms with Crippen LogP contribution in [0.15, 0.2) is 65.7 Å². The van der Waals surface area contributed by atoms with Gasteiger partial charge in [0.2, 0.25) is 0 Å². The van der Waals surface area contributed by atoms with Crippen molar-refractivity contribution in [2.45, 2.75) is 40.3 Å². The molecular weight excluding hydrogens is 436 g/mol. The van der Waals surface area contributed by atoms with Crippen LogP contribution in [0.4, 0.5) is 10.5 Å². The lowest BCUT2D eigenvalue weighted by Crippen LogP contribution is -2.57. The summed E-state index contributed by atoms with van der Waals surface area (Å²) in [6.45, 7) is 10.9. The molecule has 1 fully saturated rings. The zero-order valence-corrected chi connectivity index (χ0v) is 20.8. The molecule has 1 N–H and O–H groups in total. The molecule has 1 saturated heterocycles. The van der Waals surface area contributed by atoms with Gasteiger partial charge in [0.05, 0.1) is 5.56 Å². The van der Waals surface area contributed by atoms with Crippen LogP contribution in [0, 0.1) is 20.8 Å². The largest absolute Gasteiger partial charge is 0.454 e. The average Bonchev–Trinajstić information content (AvgIpc) is 2.98. The number of carbonyl (C=O) groups excluding carboxylic acids is 1. The first kappa shape index (κ1) is 23.0. The molecule has 0 aliphatic carbocycles. The van der Waals surface area contributed by atoms with E-state index in [1.165, 1.54) is 5.56 Å². The van der Waals surface area contributed by atoms with E-state index < -0.39 is 0 Å². The van der Waals surface area contributed by atoms with Crippen molar-refractivity contribution in [3.63, 3.8) is 0 Å². The molecule has 2 heterocycles. The Hall–Kier alpha value is -3.80. The van der Waals surface area contributed by atoms with Crippen molar-refractivity contribution in [1.82, 2.24) is 15.1 Å². The summed E-state index contributed by atoms with van der Waals surface area (Å²) >= 11 is 0. The van der Waals surface area contributed by atoms with Gasteiger partial charge < -0.3 is 19.9 Å². The van der Waals surface area contributed by atoms with Crippen LogP contribution in [0.25, 0.3) is 0 Å². The number of benzene rings is 3. The molecular formula is C29H32N4O2. The molecule has 6 nitrogen and oxygen atoms in total. The molecule has 0 radical (unpaired) electrons. The fourth-order valence-electron chi connectivity index (χ4n) is 4.79. The topological polar surface area (TPSA) is 57.2 Å². The Labute approximate surface area is 207 Å². The molecule has 180 valence electrons. The first-order valence-electron chi connectivity index (χ1n) is 12.2. The van der Waals surface area contributed by atoms with E-state index in [2.05, 4.69) is 68.2 Å². The molecule has 0 saturated carbocycles. The molecule has 3 aromatic rings. The summed E-state index contributed by atoms with van der Waals surface area (Å²) in [5, 5.41) is 3.09. The highest BCUT2D eigenvalue weighted by Gasteiger charge is 2.31. The molecule has 1 atom stereocenters. The molecule has 0 aromatic heterocycles. The molecule has 1 unspecified atom stereocenters. The Balaban J connectivity index is 1.35. The quantitative estimate of drug-likeness (QED) is 0.524. The summed E-state index contributed by atoms with van der Waals surface area (Å²) in [7, 11) is 0. The number of aliphatic imine (C=N–C) groups is 1. The van der Waals surface area contributed by atoms with Crippen molar-refractivity contribution >= 4 is 17.6 Å². The lowest BCUT2D eigenvalue weighted by atomic mass is 10.1. The second-order valence-corrected chi connectivity index (χ2v) is 9.64. The number of amidine groups is 1. The molecule has 0 bridgehead atoms. The highest BCUT2D eigenvalue weighted by molar-refractivity contribution is 6.04. The zero-order chi connectivity index (χ0) is 24.5. The van der Waals surface area contributed by atoms with Gasteiger partial charge in [-0.05, 0) is 63.1 Å². The van der Waals surface area contributed by atoms with Crippen LogP contribution < -0.4 is 10.1 Å². The molecule has 2 amide bonds. The minimum atomic E-state index is -0.0261. The van der Waals surface area contributed by atoms with Gasteiger partial charge in [-0.1, -0.05) is 47.5 Å². The summed E-state index contributed by atoms with van der Waals surface area (Å²) in [5.41, 5.74) is 6.41. The Morgan fingerprint density at radius 1 is 0.971 bits per heavy atom. The molecule has 3 aromatic carbocycles. The maximum atomic E-state index is 13.0. The number of aryl methyl sites for hydroxylation is 3. The van der Waals surface area contributed by atoms with Crippen molar-refractivity contribution in [3.8, 4) is 11.5 Å². The molecule has 2 aliphatic heterocycles. The predicted molar refractivity (Wildman–Crippen MR) is 140 cm³/mol. The van der Waals surface area contributed by atoms with Gasteiger partial charge in [-0.15, -0.1) is 0 Å².